The van der Waals surface area contributed by atoms with Crippen molar-refractivity contribution in [3.63, 3.8) is 0 Å². The molecule has 174 valence electrons. The number of ether oxygens (including phenoxy) is 1. The van der Waals surface area contributed by atoms with Crippen LogP contribution in [0.5, 0.6) is 5.88 Å². The van der Waals surface area contributed by atoms with Crippen molar-refractivity contribution in [3.8, 4) is 5.88 Å². The quantitative estimate of drug-likeness (QED) is 0.386. The lowest BCUT2D eigenvalue weighted by Crippen LogP contribution is -2.33. The number of hydrogen-bond acceptors (Lipinski definition) is 5. The Balaban J connectivity index is 1.39. The second-order valence-electron chi connectivity index (χ2n) is 8.86. The second kappa shape index (κ2) is 12.0. The third kappa shape index (κ3) is 6.65. The number of thiophene rings is 1. The molecule has 0 radical (unpaired) electrons. The van der Waals surface area contributed by atoms with Gasteiger partial charge in [-0.1, -0.05) is 75.4 Å². The molecule has 1 aliphatic rings. The maximum Gasteiger partial charge on any atom is 0.422 e. The van der Waals surface area contributed by atoms with Gasteiger partial charge in [0.1, 0.15) is 5.00 Å². The third-order valence-corrected chi connectivity index (χ3v) is 7.34. The summed E-state index contributed by atoms with van der Waals surface area (Å²) in [5.74, 6) is 1.83. The fourth-order valence-corrected chi connectivity index (χ4v) is 5.23. The van der Waals surface area contributed by atoms with Crippen LogP contribution in [0.4, 0.5) is 9.80 Å². The van der Waals surface area contributed by atoms with Crippen molar-refractivity contribution in [1.82, 2.24) is 10.3 Å². The highest BCUT2D eigenvalue weighted by molar-refractivity contribution is 7.14. The number of hydrogen-bond donors (Lipinski definition) is 1. The summed E-state index contributed by atoms with van der Waals surface area (Å²) in [6.45, 7) is 4.38. The Hall–Kier alpha value is -2.70. The summed E-state index contributed by atoms with van der Waals surface area (Å²) in [6.07, 6.45) is 8.05. The van der Waals surface area contributed by atoms with Crippen molar-refractivity contribution in [3.05, 3.63) is 77.3 Å². The zero-order valence-corrected chi connectivity index (χ0v) is 20.1. The molecule has 1 aromatic carbocycles. The van der Waals surface area contributed by atoms with Crippen LogP contribution in [-0.4, -0.2) is 17.6 Å². The molecule has 1 fully saturated rings. The van der Waals surface area contributed by atoms with Gasteiger partial charge in [-0.15, -0.1) is 11.3 Å². The molecule has 1 atom stereocenters. The van der Waals surface area contributed by atoms with Gasteiger partial charge < -0.3 is 10.1 Å². The van der Waals surface area contributed by atoms with E-state index in [9.17, 15) is 4.79 Å². The molecule has 1 N–H and O–H groups in total. The number of aromatic nitrogens is 1. The lowest BCUT2D eigenvalue weighted by Gasteiger charge is -2.28. The van der Waals surface area contributed by atoms with Crippen molar-refractivity contribution in [2.75, 3.05) is 11.4 Å². The number of rotatable bonds is 9. The normalized spacial score (nSPS) is 15.2. The minimum Gasteiger partial charge on any atom is -0.390 e. The van der Waals surface area contributed by atoms with Crippen LogP contribution >= 0.6 is 11.3 Å². The Kier molecular flexibility index (Phi) is 8.50. The standard InChI is InChI=1S/C27H33N3O2S/c1-21(23-12-6-3-7-13-23)18-28-19-24-14-8-16-29-26(24)32-27(31)30(25-15-9-17-33-25)20-22-10-4-2-5-11-22/h2,4-5,8-11,14-17,21,23,28H,3,6-7,12-13,18-20H2,1H3. The van der Waals surface area contributed by atoms with Gasteiger partial charge in [0.05, 0.1) is 6.54 Å². The summed E-state index contributed by atoms with van der Waals surface area (Å²) in [4.78, 5) is 19.2. The van der Waals surface area contributed by atoms with E-state index in [0.29, 0.717) is 24.9 Å². The van der Waals surface area contributed by atoms with E-state index in [4.69, 9.17) is 4.74 Å². The molecule has 33 heavy (non-hydrogen) atoms. The smallest absolute Gasteiger partial charge is 0.390 e. The average Bonchev–Trinajstić information content (AvgIpc) is 3.39. The lowest BCUT2D eigenvalue weighted by atomic mass is 9.81. The monoisotopic (exact) mass is 463 g/mol. The number of anilines is 1. The summed E-state index contributed by atoms with van der Waals surface area (Å²) >= 11 is 1.52. The molecular weight excluding hydrogens is 430 g/mol. The Morgan fingerprint density at radius 2 is 1.94 bits per heavy atom. The molecule has 1 aliphatic carbocycles. The molecule has 0 bridgehead atoms. The molecule has 1 saturated carbocycles. The Morgan fingerprint density at radius 3 is 2.70 bits per heavy atom. The first kappa shape index (κ1) is 23.5. The molecule has 6 heteroatoms. The molecule has 4 rings (SSSR count). The van der Waals surface area contributed by atoms with Gasteiger partial charge in [0, 0.05) is 18.3 Å². The van der Waals surface area contributed by atoms with Gasteiger partial charge in [-0.2, -0.15) is 0 Å². The van der Waals surface area contributed by atoms with E-state index in [1.807, 2.05) is 60.0 Å². The van der Waals surface area contributed by atoms with Gasteiger partial charge in [0.25, 0.3) is 0 Å². The van der Waals surface area contributed by atoms with Crippen molar-refractivity contribution in [2.45, 2.75) is 52.1 Å². The first-order valence-corrected chi connectivity index (χ1v) is 12.8. The number of nitrogens with one attached hydrogen (secondary N) is 1. The average molecular weight is 464 g/mol. The zero-order valence-electron chi connectivity index (χ0n) is 19.3. The van der Waals surface area contributed by atoms with Crippen LogP contribution in [0.25, 0.3) is 0 Å². The fourth-order valence-electron chi connectivity index (χ4n) is 4.51. The molecule has 2 aromatic heterocycles. The first-order valence-electron chi connectivity index (χ1n) is 11.9. The molecule has 5 nitrogen and oxygen atoms in total. The predicted octanol–water partition coefficient (Wildman–Crippen LogP) is 6.65. The largest absolute Gasteiger partial charge is 0.422 e. The highest BCUT2D eigenvalue weighted by Gasteiger charge is 2.22. The molecular formula is C27H33N3O2S. The molecule has 0 aliphatic heterocycles. The van der Waals surface area contributed by atoms with Gasteiger partial charge in [0.2, 0.25) is 5.88 Å². The first-order chi connectivity index (χ1) is 16.2. The lowest BCUT2D eigenvalue weighted by molar-refractivity contribution is 0.204. The maximum absolute atomic E-state index is 13.2. The summed E-state index contributed by atoms with van der Waals surface area (Å²) in [7, 11) is 0. The van der Waals surface area contributed by atoms with Crippen LogP contribution in [0, 0.1) is 11.8 Å². The number of carbonyl (C=O) groups is 1. The molecule has 3 aromatic rings. The third-order valence-electron chi connectivity index (χ3n) is 6.45. The Labute approximate surface area is 200 Å². The summed E-state index contributed by atoms with van der Waals surface area (Å²) in [5, 5.41) is 6.38. The molecule has 2 heterocycles. The van der Waals surface area contributed by atoms with Crippen LogP contribution < -0.4 is 15.0 Å². The number of benzene rings is 1. The van der Waals surface area contributed by atoms with E-state index < -0.39 is 6.09 Å². The number of carbonyl (C=O) groups excluding carboxylic acids is 1. The highest BCUT2D eigenvalue weighted by Crippen LogP contribution is 2.30. The minimum absolute atomic E-state index is 0.370. The van der Waals surface area contributed by atoms with Crippen molar-refractivity contribution >= 4 is 22.4 Å². The fraction of sp³-hybridized carbons (Fsp3) is 0.407. The number of pyridine rings is 1. The summed E-state index contributed by atoms with van der Waals surface area (Å²) in [6, 6.07) is 17.7. The highest BCUT2D eigenvalue weighted by atomic mass is 32.1. The van der Waals surface area contributed by atoms with E-state index >= 15 is 0 Å². The van der Waals surface area contributed by atoms with Crippen molar-refractivity contribution in [1.29, 1.82) is 0 Å². The van der Waals surface area contributed by atoms with Crippen LogP contribution in [0.2, 0.25) is 0 Å². The summed E-state index contributed by atoms with van der Waals surface area (Å²) < 4.78 is 5.82. The second-order valence-corrected chi connectivity index (χ2v) is 9.79. The molecule has 1 unspecified atom stereocenters. The Bertz CT molecular complexity index is 988. The molecule has 0 spiro atoms. The van der Waals surface area contributed by atoms with Crippen LogP contribution in [0.3, 0.4) is 0 Å². The zero-order chi connectivity index (χ0) is 22.9. The Morgan fingerprint density at radius 1 is 1.12 bits per heavy atom. The number of amides is 1. The number of nitrogens with zero attached hydrogens (tertiary/aromatic N) is 2. The topological polar surface area (TPSA) is 54.5 Å². The SMILES string of the molecule is CC(CNCc1cccnc1OC(=O)N(Cc1ccccc1)c1cccs1)C1CCCCC1. The van der Waals surface area contributed by atoms with Gasteiger partial charge >= 0.3 is 6.09 Å². The van der Waals surface area contributed by atoms with Crippen LogP contribution in [-0.2, 0) is 13.1 Å². The van der Waals surface area contributed by atoms with E-state index in [2.05, 4.69) is 17.2 Å². The maximum atomic E-state index is 13.2. The van der Waals surface area contributed by atoms with Crippen LogP contribution in [0.15, 0.2) is 66.2 Å². The van der Waals surface area contributed by atoms with Gasteiger partial charge in [0.15, 0.2) is 0 Å². The van der Waals surface area contributed by atoms with Gasteiger partial charge in [-0.3, -0.25) is 4.90 Å². The van der Waals surface area contributed by atoms with E-state index in [1.54, 1.807) is 11.1 Å². The van der Waals surface area contributed by atoms with E-state index in [1.165, 1.54) is 43.4 Å². The minimum atomic E-state index is -0.420. The summed E-state index contributed by atoms with van der Waals surface area (Å²) in [5.41, 5.74) is 1.94. The van der Waals surface area contributed by atoms with Crippen LogP contribution in [0.1, 0.15) is 50.2 Å². The molecule has 0 saturated heterocycles. The van der Waals surface area contributed by atoms with Crippen molar-refractivity contribution < 1.29 is 9.53 Å². The van der Waals surface area contributed by atoms with Gasteiger partial charge in [-0.05, 0) is 47.5 Å². The van der Waals surface area contributed by atoms with Gasteiger partial charge in [-0.25, -0.2) is 9.78 Å². The molecule has 1 amide bonds. The van der Waals surface area contributed by atoms with Crippen molar-refractivity contribution in [2.24, 2.45) is 11.8 Å². The van der Waals surface area contributed by atoms with E-state index in [0.717, 1.165) is 28.6 Å². The van der Waals surface area contributed by atoms with E-state index in [-0.39, 0.29) is 0 Å². The predicted molar refractivity (Wildman–Crippen MR) is 135 cm³/mol.